The first kappa shape index (κ1) is 15.7. The molecule has 0 spiro atoms. The standard InChI is InChI=1S/C16H21N3O4/c1-4-21-16(20)12-9(2)23-15-13(12)14(18-10(3)19-15)17-8-11-6-5-7-22-11/h11H,4-8H2,1-3H3,(H,17,18,19). The first-order chi connectivity index (χ1) is 11.1. The molecular formula is C16H21N3O4. The van der Waals surface area contributed by atoms with E-state index in [1.807, 2.05) is 0 Å². The first-order valence-corrected chi connectivity index (χ1v) is 7.90. The summed E-state index contributed by atoms with van der Waals surface area (Å²) < 4.78 is 16.4. The number of furan rings is 1. The van der Waals surface area contributed by atoms with E-state index in [1.54, 1.807) is 20.8 Å². The summed E-state index contributed by atoms with van der Waals surface area (Å²) in [5.74, 6) is 1.23. The molecule has 23 heavy (non-hydrogen) atoms. The van der Waals surface area contributed by atoms with Gasteiger partial charge in [0.2, 0.25) is 5.71 Å². The molecule has 2 aromatic rings. The fourth-order valence-corrected chi connectivity index (χ4v) is 2.81. The number of carbonyl (C=O) groups is 1. The molecule has 1 unspecified atom stereocenters. The van der Waals surface area contributed by atoms with Gasteiger partial charge in [-0.15, -0.1) is 0 Å². The van der Waals surface area contributed by atoms with E-state index in [4.69, 9.17) is 13.9 Å². The molecule has 0 bridgehead atoms. The van der Waals surface area contributed by atoms with Crippen molar-refractivity contribution >= 4 is 22.9 Å². The summed E-state index contributed by atoms with van der Waals surface area (Å²) in [6.45, 7) is 7.02. The van der Waals surface area contributed by atoms with E-state index >= 15 is 0 Å². The van der Waals surface area contributed by atoms with Crippen LogP contribution in [0.5, 0.6) is 0 Å². The van der Waals surface area contributed by atoms with Crippen LogP contribution in [0.25, 0.3) is 11.1 Å². The molecule has 1 aliphatic heterocycles. The highest BCUT2D eigenvalue weighted by molar-refractivity contribution is 6.07. The van der Waals surface area contributed by atoms with Gasteiger partial charge in [0.25, 0.3) is 0 Å². The van der Waals surface area contributed by atoms with E-state index < -0.39 is 5.97 Å². The van der Waals surface area contributed by atoms with E-state index in [-0.39, 0.29) is 6.10 Å². The predicted molar refractivity (Wildman–Crippen MR) is 84.7 cm³/mol. The van der Waals surface area contributed by atoms with Crippen LogP contribution in [0.2, 0.25) is 0 Å². The fourth-order valence-electron chi connectivity index (χ4n) is 2.81. The topological polar surface area (TPSA) is 86.5 Å². The molecule has 1 atom stereocenters. The van der Waals surface area contributed by atoms with Gasteiger partial charge in [-0.05, 0) is 33.6 Å². The maximum Gasteiger partial charge on any atom is 0.342 e. The molecule has 0 aromatic carbocycles. The highest BCUT2D eigenvalue weighted by Crippen LogP contribution is 2.30. The molecule has 124 valence electrons. The number of carbonyl (C=O) groups excluding carboxylic acids is 1. The Kier molecular flexibility index (Phi) is 4.47. The van der Waals surface area contributed by atoms with Crippen LogP contribution in [0.1, 0.15) is 41.7 Å². The van der Waals surface area contributed by atoms with E-state index in [0.29, 0.717) is 47.2 Å². The number of nitrogens with zero attached hydrogens (tertiary/aromatic N) is 2. The van der Waals surface area contributed by atoms with Crippen LogP contribution in [0.4, 0.5) is 5.82 Å². The number of aromatic nitrogens is 2. The highest BCUT2D eigenvalue weighted by atomic mass is 16.5. The Bertz CT molecular complexity index is 720. The summed E-state index contributed by atoms with van der Waals surface area (Å²) >= 11 is 0. The second kappa shape index (κ2) is 6.54. The molecule has 7 heteroatoms. The smallest absolute Gasteiger partial charge is 0.342 e. The zero-order chi connectivity index (χ0) is 16.4. The number of rotatable bonds is 5. The molecule has 1 fully saturated rings. The first-order valence-electron chi connectivity index (χ1n) is 7.90. The van der Waals surface area contributed by atoms with Crippen LogP contribution in [0, 0.1) is 13.8 Å². The van der Waals surface area contributed by atoms with Gasteiger partial charge in [-0.2, -0.15) is 4.98 Å². The fraction of sp³-hybridized carbons (Fsp3) is 0.562. The second-order valence-electron chi connectivity index (χ2n) is 5.57. The van der Waals surface area contributed by atoms with Crippen molar-refractivity contribution in [3.8, 4) is 0 Å². The summed E-state index contributed by atoms with van der Waals surface area (Å²) in [7, 11) is 0. The van der Waals surface area contributed by atoms with Crippen molar-refractivity contribution in [2.24, 2.45) is 0 Å². The molecule has 0 saturated carbocycles. The number of hydrogen-bond donors (Lipinski definition) is 1. The summed E-state index contributed by atoms with van der Waals surface area (Å²) in [4.78, 5) is 21.0. The predicted octanol–water partition coefficient (Wildman–Crippen LogP) is 2.61. The van der Waals surface area contributed by atoms with Gasteiger partial charge >= 0.3 is 5.97 Å². The third-order valence-corrected chi connectivity index (χ3v) is 3.84. The molecule has 1 aliphatic rings. The van der Waals surface area contributed by atoms with Gasteiger partial charge in [0.1, 0.15) is 23.0 Å². The minimum absolute atomic E-state index is 0.166. The van der Waals surface area contributed by atoms with Crippen molar-refractivity contribution in [3.63, 3.8) is 0 Å². The lowest BCUT2D eigenvalue weighted by molar-refractivity contribution is 0.0526. The van der Waals surface area contributed by atoms with Crippen LogP contribution < -0.4 is 5.32 Å². The maximum absolute atomic E-state index is 12.2. The Hall–Kier alpha value is -2.15. The number of nitrogens with one attached hydrogen (secondary N) is 1. The third-order valence-electron chi connectivity index (χ3n) is 3.84. The zero-order valence-electron chi connectivity index (χ0n) is 13.6. The Morgan fingerprint density at radius 2 is 2.22 bits per heavy atom. The van der Waals surface area contributed by atoms with E-state index in [0.717, 1.165) is 19.4 Å². The minimum Gasteiger partial charge on any atom is -0.462 e. The summed E-state index contributed by atoms with van der Waals surface area (Å²) in [5, 5.41) is 3.85. The lowest BCUT2D eigenvalue weighted by Gasteiger charge is -2.12. The number of fused-ring (bicyclic) bond motifs is 1. The van der Waals surface area contributed by atoms with Crippen LogP contribution in [0.3, 0.4) is 0 Å². The van der Waals surface area contributed by atoms with Gasteiger partial charge in [-0.25, -0.2) is 9.78 Å². The molecule has 0 amide bonds. The molecule has 1 N–H and O–H groups in total. The van der Waals surface area contributed by atoms with Crippen LogP contribution in [-0.2, 0) is 9.47 Å². The lowest BCUT2D eigenvalue weighted by Crippen LogP contribution is -2.19. The number of ether oxygens (including phenoxy) is 2. The van der Waals surface area contributed by atoms with Crippen LogP contribution >= 0.6 is 0 Å². The minimum atomic E-state index is -0.420. The Balaban J connectivity index is 1.98. The molecule has 7 nitrogen and oxygen atoms in total. The number of anilines is 1. The van der Waals surface area contributed by atoms with Gasteiger partial charge in [0, 0.05) is 13.2 Å². The van der Waals surface area contributed by atoms with Crippen molar-refractivity contribution in [2.45, 2.75) is 39.7 Å². The number of aryl methyl sites for hydroxylation is 2. The molecule has 0 aliphatic carbocycles. The average Bonchev–Trinajstić information content (AvgIpc) is 3.11. The Morgan fingerprint density at radius 3 is 2.91 bits per heavy atom. The van der Waals surface area contributed by atoms with Gasteiger partial charge in [0.15, 0.2) is 0 Å². The second-order valence-corrected chi connectivity index (χ2v) is 5.57. The van der Waals surface area contributed by atoms with Gasteiger partial charge in [-0.3, -0.25) is 0 Å². The molecule has 1 saturated heterocycles. The Labute approximate surface area is 134 Å². The van der Waals surface area contributed by atoms with Crippen LogP contribution in [-0.4, -0.2) is 41.8 Å². The van der Waals surface area contributed by atoms with Gasteiger partial charge in [0.05, 0.1) is 18.1 Å². The summed E-state index contributed by atoms with van der Waals surface area (Å²) in [5.41, 5.74) is 0.782. The number of esters is 1. The molecular weight excluding hydrogens is 298 g/mol. The van der Waals surface area contributed by atoms with E-state index in [9.17, 15) is 4.79 Å². The van der Waals surface area contributed by atoms with Crippen molar-refractivity contribution in [1.82, 2.24) is 9.97 Å². The molecule has 3 heterocycles. The highest BCUT2D eigenvalue weighted by Gasteiger charge is 2.25. The average molecular weight is 319 g/mol. The van der Waals surface area contributed by atoms with Crippen molar-refractivity contribution in [2.75, 3.05) is 25.1 Å². The van der Waals surface area contributed by atoms with Crippen molar-refractivity contribution < 1.29 is 18.7 Å². The SMILES string of the molecule is CCOC(=O)c1c(C)oc2nc(C)nc(NCC3CCCO3)c12. The van der Waals surface area contributed by atoms with Crippen molar-refractivity contribution in [1.29, 1.82) is 0 Å². The van der Waals surface area contributed by atoms with Gasteiger partial charge < -0.3 is 19.2 Å². The maximum atomic E-state index is 12.2. The molecule has 2 aromatic heterocycles. The van der Waals surface area contributed by atoms with Crippen molar-refractivity contribution in [3.05, 3.63) is 17.1 Å². The van der Waals surface area contributed by atoms with E-state index in [2.05, 4.69) is 15.3 Å². The normalized spacial score (nSPS) is 17.6. The monoisotopic (exact) mass is 319 g/mol. The summed E-state index contributed by atoms with van der Waals surface area (Å²) in [6.07, 6.45) is 2.26. The molecule has 3 rings (SSSR count). The van der Waals surface area contributed by atoms with E-state index in [1.165, 1.54) is 0 Å². The quantitative estimate of drug-likeness (QED) is 0.848. The number of hydrogen-bond acceptors (Lipinski definition) is 7. The van der Waals surface area contributed by atoms with Crippen LogP contribution in [0.15, 0.2) is 4.42 Å². The molecule has 0 radical (unpaired) electrons. The lowest BCUT2D eigenvalue weighted by atomic mass is 10.1. The summed E-state index contributed by atoms with van der Waals surface area (Å²) in [6, 6.07) is 0. The van der Waals surface area contributed by atoms with Gasteiger partial charge in [-0.1, -0.05) is 0 Å². The largest absolute Gasteiger partial charge is 0.462 e. The zero-order valence-corrected chi connectivity index (χ0v) is 13.6. The Morgan fingerprint density at radius 1 is 1.39 bits per heavy atom. The third kappa shape index (κ3) is 3.14.